The first-order valence-electron chi connectivity index (χ1n) is 7.82. The lowest BCUT2D eigenvalue weighted by Gasteiger charge is -2.08. The zero-order chi connectivity index (χ0) is 18.9. The number of rotatable bonds is 6. The zero-order valence-corrected chi connectivity index (χ0v) is 15.5. The van der Waals surface area contributed by atoms with Crippen molar-refractivity contribution in [3.05, 3.63) is 58.1 Å². The van der Waals surface area contributed by atoms with Gasteiger partial charge >= 0.3 is 11.8 Å². The fraction of sp³-hybridized carbons (Fsp3) is 0.167. The predicted molar refractivity (Wildman–Crippen MR) is 103 cm³/mol. The predicted octanol–water partition coefficient (Wildman–Crippen LogP) is 3.87. The Hall–Kier alpha value is -2.57. The van der Waals surface area contributed by atoms with Crippen molar-refractivity contribution in [2.24, 2.45) is 5.10 Å². The number of anilines is 1. The molecule has 2 aromatic carbocycles. The number of carbonyl (C=O) groups is 2. The molecular formula is C18H17Cl2N3O3. The van der Waals surface area contributed by atoms with Crippen LogP contribution in [0.4, 0.5) is 5.69 Å². The molecule has 0 atom stereocenters. The molecule has 0 saturated carbocycles. The number of nitrogens with zero attached hydrogens (tertiary/aromatic N) is 1. The number of benzene rings is 2. The fourth-order valence-corrected chi connectivity index (χ4v) is 2.28. The number of hydrazone groups is 1. The summed E-state index contributed by atoms with van der Waals surface area (Å²) in [6.45, 7) is 2.52. The van der Waals surface area contributed by atoms with E-state index in [-0.39, 0.29) is 0 Å². The molecule has 2 N–H and O–H groups in total. The van der Waals surface area contributed by atoms with Gasteiger partial charge in [-0.15, -0.1) is 0 Å². The van der Waals surface area contributed by atoms with Gasteiger partial charge in [-0.05, 0) is 36.8 Å². The maximum atomic E-state index is 11.9. The summed E-state index contributed by atoms with van der Waals surface area (Å²) < 4.78 is 5.58. The van der Waals surface area contributed by atoms with Crippen molar-refractivity contribution in [3.8, 4) is 5.75 Å². The summed E-state index contributed by atoms with van der Waals surface area (Å²) in [5, 5.41) is 7.01. The third-order valence-corrected chi connectivity index (χ3v) is 3.70. The molecule has 6 nitrogen and oxygen atoms in total. The smallest absolute Gasteiger partial charge is 0.329 e. The molecule has 2 amide bonds. The first kappa shape index (κ1) is 19.8. The summed E-state index contributed by atoms with van der Waals surface area (Å²) >= 11 is 11.9. The van der Waals surface area contributed by atoms with Gasteiger partial charge in [0.2, 0.25) is 0 Å². The van der Waals surface area contributed by atoms with E-state index in [1.807, 2.05) is 6.92 Å². The minimum Gasteiger partial charge on any atom is -0.493 e. The molecular weight excluding hydrogens is 377 g/mol. The van der Waals surface area contributed by atoms with Gasteiger partial charge in [0.15, 0.2) is 0 Å². The molecule has 0 unspecified atom stereocenters. The van der Waals surface area contributed by atoms with Gasteiger partial charge in [0.05, 0.1) is 23.5 Å². The second-order valence-electron chi connectivity index (χ2n) is 5.16. The summed E-state index contributed by atoms with van der Waals surface area (Å²) in [7, 11) is 0. The van der Waals surface area contributed by atoms with Gasteiger partial charge in [0.1, 0.15) is 5.75 Å². The van der Waals surface area contributed by atoms with E-state index in [9.17, 15) is 9.59 Å². The number of halogens is 2. The summed E-state index contributed by atoms with van der Waals surface area (Å²) in [6.07, 6.45) is 2.20. The van der Waals surface area contributed by atoms with Crippen molar-refractivity contribution in [3.63, 3.8) is 0 Å². The molecule has 0 heterocycles. The molecule has 0 radical (unpaired) electrons. The third-order valence-electron chi connectivity index (χ3n) is 3.13. The van der Waals surface area contributed by atoms with E-state index < -0.39 is 11.8 Å². The van der Waals surface area contributed by atoms with E-state index in [0.717, 1.165) is 6.42 Å². The number of hydrogen-bond donors (Lipinski definition) is 2. The van der Waals surface area contributed by atoms with Gasteiger partial charge in [-0.25, -0.2) is 5.43 Å². The molecule has 136 valence electrons. The van der Waals surface area contributed by atoms with Crippen LogP contribution in [0.5, 0.6) is 5.75 Å². The van der Waals surface area contributed by atoms with Gasteiger partial charge in [0, 0.05) is 10.6 Å². The molecule has 0 aliphatic rings. The first-order valence-corrected chi connectivity index (χ1v) is 8.58. The second kappa shape index (κ2) is 9.79. The quantitative estimate of drug-likeness (QED) is 0.444. The number of ether oxygens (including phenoxy) is 1. The van der Waals surface area contributed by atoms with Gasteiger partial charge in [-0.2, -0.15) is 5.10 Å². The Bertz CT molecular complexity index is 825. The molecule has 0 aromatic heterocycles. The van der Waals surface area contributed by atoms with Crippen LogP contribution in [-0.2, 0) is 9.59 Å². The molecule has 0 aliphatic carbocycles. The van der Waals surface area contributed by atoms with Crippen molar-refractivity contribution in [2.45, 2.75) is 13.3 Å². The van der Waals surface area contributed by atoms with Gasteiger partial charge in [-0.3, -0.25) is 9.59 Å². The third kappa shape index (κ3) is 5.75. The SMILES string of the molecule is CCCOc1ccc(Cl)cc1/C=N\NC(=O)C(=O)Nc1ccccc1Cl. The van der Waals surface area contributed by atoms with Crippen LogP contribution in [0.25, 0.3) is 0 Å². The van der Waals surface area contributed by atoms with Crippen LogP contribution in [0.3, 0.4) is 0 Å². The highest BCUT2D eigenvalue weighted by atomic mass is 35.5. The van der Waals surface area contributed by atoms with E-state index in [4.69, 9.17) is 27.9 Å². The molecule has 0 aliphatic heterocycles. The van der Waals surface area contributed by atoms with Gasteiger partial charge < -0.3 is 10.1 Å². The first-order chi connectivity index (χ1) is 12.5. The lowest BCUT2D eigenvalue weighted by Crippen LogP contribution is -2.32. The van der Waals surface area contributed by atoms with E-state index in [1.165, 1.54) is 6.21 Å². The normalized spacial score (nSPS) is 10.6. The molecule has 2 aromatic rings. The van der Waals surface area contributed by atoms with Crippen LogP contribution < -0.4 is 15.5 Å². The van der Waals surface area contributed by atoms with Crippen LogP contribution in [0.1, 0.15) is 18.9 Å². The molecule has 0 fully saturated rings. The molecule has 0 saturated heterocycles. The fourth-order valence-electron chi connectivity index (χ4n) is 1.92. The Morgan fingerprint density at radius 2 is 1.92 bits per heavy atom. The van der Waals surface area contributed by atoms with Gasteiger partial charge in [-0.1, -0.05) is 42.3 Å². The summed E-state index contributed by atoms with van der Waals surface area (Å²) in [5.41, 5.74) is 3.07. The number of nitrogens with one attached hydrogen (secondary N) is 2. The summed E-state index contributed by atoms with van der Waals surface area (Å²) in [5.74, 6) is -1.24. The van der Waals surface area contributed by atoms with Crippen LogP contribution in [-0.4, -0.2) is 24.6 Å². The van der Waals surface area contributed by atoms with Crippen molar-refractivity contribution < 1.29 is 14.3 Å². The maximum absolute atomic E-state index is 11.9. The Morgan fingerprint density at radius 1 is 1.15 bits per heavy atom. The lowest BCUT2D eigenvalue weighted by atomic mass is 10.2. The standard InChI is InChI=1S/C18H17Cl2N3O3/c1-2-9-26-16-8-7-13(19)10-12(16)11-21-23-18(25)17(24)22-15-6-4-3-5-14(15)20/h3-8,10-11H,2,9H2,1H3,(H,22,24)(H,23,25)/b21-11-. The number of hydrogen-bond acceptors (Lipinski definition) is 4. The second-order valence-corrected chi connectivity index (χ2v) is 6.01. The highest BCUT2D eigenvalue weighted by molar-refractivity contribution is 6.41. The average molecular weight is 394 g/mol. The monoisotopic (exact) mass is 393 g/mol. The molecule has 0 bridgehead atoms. The van der Waals surface area contributed by atoms with Gasteiger partial charge in [0.25, 0.3) is 0 Å². The van der Waals surface area contributed by atoms with E-state index in [1.54, 1.807) is 42.5 Å². The van der Waals surface area contributed by atoms with Crippen molar-refractivity contribution in [2.75, 3.05) is 11.9 Å². The summed E-state index contributed by atoms with van der Waals surface area (Å²) in [6, 6.07) is 11.6. The van der Waals surface area contributed by atoms with Crippen molar-refractivity contribution in [1.82, 2.24) is 5.43 Å². The van der Waals surface area contributed by atoms with E-state index >= 15 is 0 Å². The Labute approximate surface area is 161 Å². The minimum atomic E-state index is -0.931. The van der Waals surface area contributed by atoms with Crippen molar-refractivity contribution >= 4 is 46.9 Å². The average Bonchev–Trinajstić information content (AvgIpc) is 2.62. The van der Waals surface area contributed by atoms with E-state index in [0.29, 0.717) is 33.7 Å². The Balaban J connectivity index is 1.99. The highest BCUT2D eigenvalue weighted by Gasteiger charge is 2.14. The van der Waals surface area contributed by atoms with Crippen LogP contribution >= 0.6 is 23.2 Å². The Morgan fingerprint density at radius 3 is 2.65 bits per heavy atom. The Kier molecular flexibility index (Phi) is 7.44. The minimum absolute atomic E-state index is 0.328. The number of para-hydroxylation sites is 1. The van der Waals surface area contributed by atoms with Crippen LogP contribution in [0.15, 0.2) is 47.6 Å². The molecule has 26 heavy (non-hydrogen) atoms. The number of carbonyl (C=O) groups excluding carboxylic acids is 2. The molecule has 8 heteroatoms. The topological polar surface area (TPSA) is 79.8 Å². The van der Waals surface area contributed by atoms with E-state index in [2.05, 4.69) is 15.8 Å². The highest BCUT2D eigenvalue weighted by Crippen LogP contribution is 2.22. The largest absolute Gasteiger partial charge is 0.493 e. The maximum Gasteiger partial charge on any atom is 0.329 e. The summed E-state index contributed by atoms with van der Waals surface area (Å²) in [4.78, 5) is 23.7. The molecule has 2 rings (SSSR count). The lowest BCUT2D eigenvalue weighted by molar-refractivity contribution is -0.136. The zero-order valence-electron chi connectivity index (χ0n) is 14.0. The molecule has 0 spiro atoms. The van der Waals surface area contributed by atoms with Crippen molar-refractivity contribution in [1.29, 1.82) is 0 Å². The number of amides is 2. The van der Waals surface area contributed by atoms with Crippen LogP contribution in [0.2, 0.25) is 10.0 Å². The van der Waals surface area contributed by atoms with Crippen LogP contribution in [0, 0.1) is 0 Å².